The fourth-order valence-corrected chi connectivity index (χ4v) is 1.31. The number of aliphatic carboxylic acids is 1. The highest BCUT2D eigenvalue weighted by molar-refractivity contribution is 6.29. The van der Waals surface area contributed by atoms with Crippen molar-refractivity contribution in [2.75, 3.05) is 6.54 Å². The third kappa shape index (κ3) is 2.02. The Bertz CT molecular complexity index is 302. The van der Waals surface area contributed by atoms with Gasteiger partial charge in [0.1, 0.15) is 5.15 Å². The Kier molecular flexibility index (Phi) is 2.95. The highest BCUT2D eigenvalue weighted by atomic mass is 35.5. The van der Waals surface area contributed by atoms with Gasteiger partial charge in [-0.05, 0) is 11.6 Å². The molecule has 1 aromatic rings. The number of aromatic nitrogens is 1. The van der Waals surface area contributed by atoms with Crippen molar-refractivity contribution in [1.82, 2.24) is 4.57 Å². The summed E-state index contributed by atoms with van der Waals surface area (Å²) in [5.41, 5.74) is 5.97. The van der Waals surface area contributed by atoms with E-state index in [0.29, 0.717) is 10.7 Å². The first-order chi connectivity index (χ1) is 6.06. The Morgan fingerprint density at radius 1 is 1.85 bits per heavy atom. The molecule has 1 aromatic heterocycles. The van der Waals surface area contributed by atoms with E-state index in [-0.39, 0.29) is 6.54 Å². The number of nitrogens with zero attached hydrogens (tertiary/aromatic N) is 1. The van der Waals surface area contributed by atoms with E-state index < -0.39 is 11.9 Å². The van der Waals surface area contributed by atoms with Crippen molar-refractivity contribution in [2.24, 2.45) is 12.8 Å². The van der Waals surface area contributed by atoms with Gasteiger partial charge < -0.3 is 15.4 Å². The Hall–Kier alpha value is -1.00. The standard InChI is InChI=1S/C8H11ClN2O2/c1-11-4-5(2-7(11)9)6(3-10)8(12)13/h2,4,6H,3,10H2,1H3,(H,12,13). The maximum absolute atomic E-state index is 10.7. The van der Waals surface area contributed by atoms with Crippen LogP contribution in [0.25, 0.3) is 0 Å². The van der Waals surface area contributed by atoms with Gasteiger partial charge in [-0.15, -0.1) is 0 Å². The van der Waals surface area contributed by atoms with Crippen molar-refractivity contribution in [2.45, 2.75) is 5.92 Å². The molecular formula is C8H11ClN2O2. The zero-order valence-electron chi connectivity index (χ0n) is 7.20. The van der Waals surface area contributed by atoms with Crippen LogP contribution in [0.1, 0.15) is 11.5 Å². The summed E-state index contributed by atoms with van der Waals surface area (Å²) in [5, 5.41) is 9.30. The molecule has 5 heteroatoms. The summed E-state index contributed by atoms with van der Waals surface area (Å²) in [7, 11) is 1.75. The van der Waals surface area contributed by atoms with Crippen LogP contribution < -0.4 is 5.73 Å². The van der Waals surface area contributed by atoms with Gasteiger partial charge in [0.25, 0.3) is 0 Å². The fraction of sp³-hybridized carbons (Fsp3) is 0.375. The molecule has 3 N–H and O–H groups in total. The lowest BCUT2D eigenvalue weighted by Gasteiger charge is -2.05. The van der Waals surface area contributed by atoms with Gasteiger partial charge in [0, 0.05) is 19.8 Å². The van der Waals surface area contributed by atoms with Crippen LogP contribution in [0.3, 0.4) is 0 Å². The molecule has 1 heterocycles. The predicted octanol–water partition coefficient (Wildman–Crippen LogP) is 0.805. The highest BCUT2D eigenvalue weighted by Crippen LogP contribution is 2.20. The largest absolute Gasteiger partial charge is 0.481 e. The minimum absolute atomic E-state index is 0.0790. The Morgan fingerprint density at radius 3 is 2.77 bits per heavy atom. The van der Waals surface area contributed by atoms with Crippen LogP contribution in [0.2, 0.25) is 5.15 Å². The van der Waals surface area contributed by atoms with Crippen LogP contribution >= 0.6 is 11.6 Å². The second kappa shape index (κ2) is 3.81. The molecule has 1 atom stereocenters. The summed E-state index contributed by atoms with van der Waals surface area (Å²) >= 11 is 5.76. The quantitative estimate of drug-likeness (QED) is 0.762. The third-order valence-corrected chi connectivity index (χ3v) is 2.28. The molecule has 0 bridgehead atoms. The first-order valence-electron chi connectivity index (χ1n) is 3.81. The van der Waals surface area contributed by atoms with Crippen molar-refractivity contribution >= 4 is 17.6 Å². The minimum atomic E-state index is -0.926. The number of carboxylic acids is 1. The lowest BCUT2D eigenvalue weighted by atomic mass is 10.0. The predicted molar refractivity (Wildman–Crippen MR) is 49.9 cm³/mol. The molecule has 0 aliphatic rings. The van der Waals surface area contributed by atoms with Crippen molar-refractivity contribution in [3.05, 3.63) is 23.0 Å². The van der Waals surface area contributed by atoms with E-state index in [1.807, 2.05) is 0 Å². The van der Waals surface area contributed by atoms with E-state index in [1.54, 1.807) is 23.9 Å². The molecule has 0 saturated carbocycles. The molecule has 72 valence electrons. The molecule has 0 aromatic carbocycles. The van der Waals surface area contributed by atoms with E-state index in [4.69, 9.17) is 22.4 Å². The van der Waals surface area contributed by atoms with Crippen LogP contribution in [0.4, 0.5) is 0 Å². The number of hydrogen-bond donors (Lipinski definition) is 2. The van der Waals surface area contributed by atoms with E-state index in [2.05, 4.69) is 0 Å². The second-order valence-electron chi connectivity index (χ2n) is 2.83. The summed E-state index contributed by atoms with van der Waals surface area (Å²) in [6, 6.07) is 1.62. The zero-order valence-corrected chi connectivity index (χ0v) is 7.95. The molecule has 1 unspecified atom stereocenters. The van der Waals surface area contributed by atoms with Gasteiger partial charge >= 0.3 is 5.97 Å². The second-order valence-corrected chi connectivity index (χ2v) is 3.22. The van der Waals surface area contributed by atoms with Crippen molar-refractivity contribution < 1.29 is 9.90 Å². The lowest BCUT2D eigenvalue weighted by Crippen LogP contribution is -2.20. The molecule has 13 heavy (non-hydrogen) atoms. The Balaban J connectivity index is 2.98. The van der Waals surface area contributed by atoms with Crippen LogP contribution in [0.15, 0.2) is 12.3 Å². The maximum Gasteiger partial charge on any atom is 0.312 e. The van der Waals surface area contributed by atoms with Crippen molar-refractivity contribution in [3.8, 4) is 0 Å². The number of carboxylic acid groups (broad SMARTS) is 1. The minimum Gasteiger partial charge on any atom is -0.481 e. The molecule has 1 rings (SSSR count). The van der Waals surface area contributed by atoms with Crippen molar-refractivity contribution in [1.29, 1.82) is 0 Å². The summed E-state index contributed by atoms with van der Waals surface area (Å²) in [4.78, 5) is 10.7. The number of hydrogen-bond acceptors (Lipinski definition) is 2. The number of halogens is 1. The van der Waals surface area contributed by atoms with Crippen LogP contribution in [-0.2, 0) is 11.8 Å². The van der Waals surface area contributed by atoms with Gasteiger partial charge in [0.05, 0.1) is 5.92 Å². The first-order valence-corrected chi connectivity index (χ1v) is 4.18. The van der Waals surface area contributed by atoms with Gasteiger partial charge in [-0.25, -0.2) is 0 Å². The number of rotatable bonds is 3. The maximum atomic E-state index is 10.7. The van der Waals surface area contributed by atoms with Gasteiger partial charge in [0.2, 0.25) is 0 Å². The molecule has 0 spiro atoms. The summed E-state index contributed by atoms with van der Waals surface area (Å²) in [6.07, 6.45) is 1.67. The number of carbonyl (C=O) groups is 1. The van der Waals surface area contributed by atoms with E-state index in [1.165, 1.54) is 0 Å². The summed E-state index contributed by atoms with van der Waals surface area (Å²) in [6.45, 7) is 0.0790. The molecule has 0 fully saturated rings. The van der Waals surface area contributed by atoms with Crippen LogP contribution in [-0.4, -0.2) is 22.2 Å². The van der Waals surface area contributed by atoms with Gasteiger partial charge in [-0.2, -0.15) is 0 Å². The van der Waals surface area contributed by atoms with Crippen LogP contribution in [0.5, 0.6) is 0 Å². The number of aryl methyl sites for hydroxylation is 1. The topological polar surface area (TPSA) is 68.2 Å². The molecule has 0 aliphatic carbocycles. The molecule has 4 nitrogen and oxygen atoms in total. The van der Waals surface area contributed by atoms with Gasteiger partial charge in [-0.3, -0.25) is 4.79 Å². The molecule has 0 aliphatic heterocycles. The zero-order chi connectivity index (χ0) is 10.0. The Morgan fingerprint density at radius 2 is 2.46 bits per heavy atom. The van der Waals surface area contributed by atoms with E-state index in [0.717, 1.165) is 0 Å². The average Bonchev–Trinajstić information content (AvgIpc) is 2.32. The molecule has 0 saturated heterocycles. The average molecular weight is 203 g/mol. The van der Waals surface area contributed by atoms with E-state index >= 15 is 0 Å². The van der Waals surface area contributed by atoms with Gasteiger partial charge in [0.15, 0.2) is 0 Å². The SMILES string of the molecule is Cn1cc(C(CN)C(=O)O)cc1Cl. The first kappa shape index (κ1) is 10.1. The number of nitrogens with two attached hydrogens (primary N) is 1. The lowest BCUT2D eigenvalue weighted by molar-refractivity contribution is -0.138. The smallest absolute Gasteiger partial charge is 0.312 e. The van der Waals surface area contributed by atoms with E-state index in [9.17, 15) is 4.79 Å². The third-order valence-electron chi connectivity index (χ3n) is 1.90. The van der Waals surface area contributed by atoms with Gasteiger partial charge in [-0.1, -0.05) is 11.6 Å². The molecular weight excluding hydrogens is 192 g/mol. The highest BCUT2D eigenvalue weighted by Gasteiger charge is 2.19. The molecule has 0 amide bonds. The molecule has 0 radical (unpaired) electrons. The Labute approximate surface area is 80.9 Å². The van der Waals surface area contributed by atoms with Crippen LogP contribution in [0, 0.1) is 0 Å². The monoisotopic (exact) mass is 202 g/mol. The summed E-state index contributed by atoms with van der Waals surface area (Å²) < 4.78 is 1.66. The normalized spacial score (nSPS) is 12.8. The summed E-state index contributed by atoms with van der Waals surface area (Å²) in [5.74, 6) is -1.59. The fourth-order valence-electron chi connectivity index (χ4n) is 1.13. The van der Waals surface area contributed by atoms with Crippen molar-refractivity contribution in [3.63, 3.8) is 0 Å².